The summed E-state index contributed by atoms with van der Waals surface area (Å²) in [4.78, 5) is 2.36. The lowest BCUT2D eigenvalue weighted by Crippen LogP contribution is -2.42. The molecule has 0 N–H and O–H groups in total. The highest BCUT2D eigenvalue weighted by atomic mass is 16.5. The van der Waals surface area contributed by atoms with E-state index in [9.17, 15) is 0 Å². The second kappa shape index (κ2) is 6.06. The molecule has 0 aromatic heterocycles. The average molecular weight is 235 g/mol. The molecule has 96 valence electrons. The maximum atomic E-state index is 6.05. The van der Waals surface area contributed by atoms with Gasteiger partial charge in [-0.2, -0.15) is 0 Å². The summed E-state index contributed by atoms with van der Waals surface area (Å²) in [6.45, 7) is 13.9. The molecule has 2 heterocycles. The zero-order valence-electron chi connectivity index (χ0n) is 11.5. The van der Waals surface area contributed by atoms with Gasteiger partial charge in [-0.3, -0.25) is 0 Å². The van der Waals surface area contributed by atoms with Crippen molar-refractivity contribution < 1.29 is 4.74 Å². The minimum atomic E-state index is 0.0412. The van der Waals surface area contributed by atoms with Gasteiger partial charge in [0.05, 0.1) is 0 Å². The third-order valence-corrected chi connectivity index (χ3v) is 3.49. The van der Waals surface area contributed by atoms with Gasteiger partial charge in [0, 0.05) is 32.4 Å². The zero-order chi connectivity index (χ0) is 12.9. The zero-order valence-corrected chi connectivity index (χ0v) is 11.5. The maximum absolute atomic E-state index is 6.05. The fourth-order valence-electron chi connectivity index (χ4n) is 2.42. The molecule has 17 heavy (non-hydrogen) atoms. The van der Waals surface area contributed by atoms with Crippen LogP contribution < -0.4 is 0 Å². The van der Waals surface area contributed by atoms with E-state index in [0.29, 0.717) is 0 Å². The van der Waals surface area contributed by atoms with Crippen LogP contribution in [-0.2, 0) is 4.74 Å². The van der Waals surface area contributed by atoms with Crippen molar-refractivity contribution in [3.05, 3.63) is 36.6 Å². The van der Waals surface area contributed by atoms with Crippen LogP contribution in [0.2, 0.25) is 0 Å². The Morgan fingerprint density at radius 1 is 1.18 bits per heavy atom. The summed E-state index contributed by atoms with van der Waals surface area (Å²) >= 11 is 0. The lowest BCUT2D eigenvalue weighted by Gasteiger charge is -2.37. The van der Waals surface area contributed by atoms with Gasteiger partial charge in [0.15, 0.2) is 0 Å². The van der Waals surface area contributed by atoms with Crippen molar-refractivity contribution >= 4 is 0 Å². The van der Waals surface area contributed by atoms with Gasteiger partial charge in [0.25, 0.3) is 0 Å². The van der Waals surface area contributed by atoms with Crippen LogP contribution in [0.1, 0.15) is 33.1 Å². The van der Waals surface area contributed by atoms with Gasteiger partial charge in [-0.25, -0.2) is 0 Å². The van der Waals surface area contributed by atoms with Crippen molar-refractivity contribution in [3.63, 3.8) is 0 Å². The fourth-order valence-corrected chi connectivity index (χ4v) is 2.42. The quantitative estimate of drug-likeness (QED) is 0.726. The molecule has 2 rings (SSSR count). The number of nitrogens with zero attached hydrogens (tertiary/aromatic N) is 1. The van der Waals surface area contributed by atoms with E-state index in [1.54, 1.807) is 0 Å². The molecule has 1 saturated heterocycles. The molecule has 0 unspecified atom stereocenters. The van der Waals surface area contributed by atoms with Crippen molar-refractivity contribution in [3.8, 4) is 0 Å². The van der Waals surface area contributed by atoms with Crippen molar-refractivity contribution in [2.45, 2.75) is 38.7 Å². The summed E-state index contributed by atoms with van der Waals surface area (Å²) in [7, 11) is 2.16. The summed E-state index contributed by atoms with van der Waals surface area (Å²) in [5, 5.41) is 0. The number of rotatable bonds is 2. The monoisotopic (exact) mass is 235 g/mol. The van der Waals surface area contributed by atoms with Gasteiger partial charge in [-0.1, -0.05) is 33.1 Å². The van der Waals surface area contributed by atoms with Crippen LogP contribution in [0, 0.1) is 0 Å². The first kappa shape index (κ1) is 14.0. The molecular weight excluding hydrogens is 210 g/mol. The lowest BCUT2D eigenvalue weighted by molar-refractivity contribution is -0.0190. The topological polar surface area (TPSA) is 12.5 Å². The van der Waals surface area contributed by atoms with Crippen LogP contribution in [0.15, 0.2) is 36.6 Å². The fraction of sp³-hybridized carbons (Fsp3) is 0.600. The highest BCUT2D eigenvalue weighted by molar-refractivity contribution is 5.33. The van der Waals surface area contributed by atoms with Gasteiger partial charge in [-0.05, 0) is 18.7 Å². The Hall–Kier alpha value is -1.02. The minimum Gasteiger partial charge on any atom is -0.487 e. The molecule has 1 spiro atoms. The van der Waals surface area contributed by atoms with E-state index in [1.807, 2.05) is 26.0 Å². The minimum absolute atomic E-state index is 0.0412. The van der Waals surface area contributed by atoms with E-state index in [-0.39, 0.29) is 5.60 Å². The van der Waals surface area contributed by atoms with Gasteiger partial charge in [0.2, 0.25) is 0 Å². The van der Waals surface area contributed by atoms with E-state index in [2.05, 4.69) is 25.1 Å². The molecule has 0 atom stereocenters. The molecule has 2 aliphatic heterocycles. The Morgan fingerprint density at radius 2 is 1.76 bits per heavy atom. The SMILES string of the molecule is C=CC1=C(C=C)OC2(CCN(C)CC2)C1.CC. The third kappa shape index (κ3) is 3.01. The van der Waals surface area contributed by atoms with Crippen LogP contribution in [-0.4, -0.2) is 30.6 Å². The van der Waals surface area contributed by atoms with E-state index in [0.717, 1.165) is 38.1 Å². The Morgan fingerprint density at radius 3 is 2.18 bits per heavy atom. The standard InChI is InChI=1S/C13H19NO.C2H6/c1-4-11-10-13(15-12(11)5-2)6-8-14(3)9-7-13;1-2/h4-5H,1-2,6-10H2,3H3;1-2H3. The predicted octanol–water partition coefficient (Wildman–Crippen LogP) is 3.52. The summed E-state index contributed by atoms with van der Waals surface area (Å²) in [6.07, 6.45) is 6.94. The number of allylic oxidation sites excluding steroid dienone is 2. The Kier molecular flexibility index (Phi) is 5.01. The highest BCUT2D eigenvalue weighted by Crippen LogP contribution is 2.41. The lowest BCUT2D eigenvalue weighted by atomic mass is 9.87. The summed E-state index contributed by atoms with van der Waals surface area (Å²) < 4.78 is 6.05. The smallest absolute Gasteiger partial charge is 0.122 e. The molecule has 0 aromatic rings. The first-order valence-corrected chi connectivity index (χ1v) is 6.55. The molecule has 1 fully saturated rings. The van der Waals surface area contributed by atoms with Crippen LogP contribution in [0.4, 0.5) is 0 Å². The van der Waals surface area contributed by atoms with Gasteiger partial charge < -0.3 is 9.64 Å². The van der Waals surface area contributed by atoms with E-state index in [1.165, 1.54) is 5.57 Å². The second-order valence-electron chi connectivity index (χ2n) is 4.56. The van der Waals surface area contributed by atoms with E-state index < -0.39 is 0 Å². The number of hydrogen-bond donors (Lipinski definition) is 0. The Balaban J connectivity index is 0.000000686. The van der Waals surface area contributed by atoms with Crippen molar-refractivity contribution in [2.24, 2.45) is 0 Å². The van der Waals surface area contributed by atoms with E-state index in [4.69, 9.17) is 4.74 Å². The van der Waals surface area contributed by atoms with Crippen LogP contribution >= 0.6 is 0 Å². The van der Waals surface area contributed by atoms with Crippen LogP contribution in [0.25, 0.3) is 0 Å². The highest BCUT2D eigenvalue weighted by Gasteiger charge is 2.41. The molecule has 0 bridgehead atoms. The van der Waals surface area contributed by atoms with Gasteiger partial charge in [-0.15, -0.1) is 0 Å². The molecule has 0 amide bonds. The van der Waals surface area contributed by atoms with Gasteiger partial charge >= 0.3 is 0 Å². The predicted molar refractivity (Wildman–Crippen MR) is 73.9 cm³/mol. The van der Waals surface area contributed by atoms with Gasteiger partial charge in [0.1, 0.15) is 11.4 Å². The molecule has 0 saturated carbocycles. The third-order valence-electron chi connectivity index (χ3n) is 3.49. The largest absolute Gasteiger partial charge is 0.487 e. The van der Waals surface area contributed by atoms with Crippen LogP contribution in [0.3, 0.4) is 0 Å². The maximum Gasteiger partial charge on any atom is 0.122 e. The summed E-state index contributed by atoms with van der Waals surface area (Å²) in [6, 6.07) is 0. The van der Waals surface area contributed by atoms with Crippen molar-refractivity contribution in [1.82, 2.24) is 4.90 Å². The summed E-state index contributed by atoms with van der Waals surface area (Å²) in [5.74, 6) is 0.939. The number of likely N-dealkylation sites (tertiary alicyclic amines) is 1. The Bertz CT molecular complexity index is 287. The number of ether oxygens (including phenoxy) is 1. The molecule has 0 aromatic carbocycles. The molecule has 0 aliphatic carbocycles. The van der Waals surface area contributed by atoms with E-state index >= 15 is 0 Å². The second-order valence-corrected chi connectivity index (χ2v) is 4.56. The Labute approximate surface area is 106 Å². The first-order chi connectivity index (χ1) is 8.19. The molecular formula is C15H25NO. The van der Waals surface area contributed by atoms with Crippen molar-refractivity contribution in [2.75, 3.05) is 20.1 Å². The normalized spacial score (nSPS) is 22.8. The average Bonchev–Trinajstić information content (AvgIpc) is 2.74. The van der Waals surface area contributed by atoms with Crippen LogP contribution in [0.5, 0.6) is 0 Å². The first-order valence-electron chi connectivity index (χ1n) is 6.55. The molecule has 0 radical (unpaired) electrons. The molecule has 2 aliphatic rings. The number of piperidine rings is 1. The number of hydrogen-bond acceptors (Lipinski definition) is 2. The molecule has 2 nitrogen and oxygen atoms in total. The molecule has 2 heteroatoms. The summed E-state index contributed by atoms with van der Waals surface area (Å²) in [5.41, 5.74) is 1.26. The van der Waals surface area contributed by atoms with Crippen molar-refractivity contribution in [1.29, 1.82) is 0 Å².